The minimum Gasteiger partial charge on any atom is -0.482 e. The van der Waals surface area contributed by atoms with Crippen LogP contribution >= 0.6 is 0 Å². The highest BCUT2D eigenvalue weighted by atomic mass is 16.5. The topological polar surface area (TPSA) is 88.2 Å². The van der Waals surface area contributed by atoms with Crippen molar-refractivity contribution in [2.24, 2.45) is 0 Å². The first kappa shape index (κ1) is 16.8. The van der Waals surface area contributed by atoms with Gasteiger partial charge in [-0.1, -0.05) is 0 Å². The van der Waals surface area contributed by atoms with Crippen LogP contribution in [0, 0.1) is 0 Å². The van der Waals surface area contributed by atoms with E-state index in [1.54, 1.807) is 28.0 Å². The Morgan fingerprint density at radius 2 is 1.88 bits per heavy atom. The smallest absolute Gasteiger partial charge is 0.262 e. The molecule has 0 saturated carbocycles. The predicted octanol–water partition coefficient (Wildman–Crippen LogP) is 0.481. The fourth-order valence-corrected chi connectivity index (χ4v) is 3.50. The standard InChI is InChI=1S/C18H21N3O5/c22-16-11-26-14-4-3-12(10-13(14)19-16)17(23)20-5-7-21(8-6-20)18(24)15-2-1-9-25-15/h3-4,10,15H,1-2,5-9,11H2,(H,19,22). The summed E-state index contributed by atoms with van der Waals surface area (Å²) >= 11 is 0. The summed E-state index contributed by atoms with van der Waals surface area (Å²) in [6, 6.07) is 5.03. The molecule has 3 amide bonds. The van der Waals surface area contributed by atoms with E-state index >= 15 is 0 Å². The maximum atomic E-state index is 12.7. The number of hydrogen-bond donors (Lipinski definition) is 1. The van der Waals surface area contributed by atoms with Crippen molar-refractivity contribution >= 4 is 23.4 Å². The zero-order valence-electron chi connectivity index (χ0n) is 14.4. The van der Waals surface area contributed by atoms with E-state index in [2.05, 4.69) is 5.32 Å². The van der Waals surface area contributed by atoms with Gasteiger partial charge in [-0.25, -0.2) is 0 Å². The third-order valence-electron chi connectivity index (χ3n) is 4.94. The Labute approximate surface area is 151 Å². The molecule has 26 heavy (non-hydrogen) atoms. The second-order valence-electron chi connectivity index (χ2n) is 6.67. The highest BCUT2D eigenvalue weighted by molar-refractivity contribution is 6.00. The lowest BCUT2D eigenvalue weighted by Crippen LogP contribution is -2.52. The average Bonchev–Trinajstić information content (AvgIpc) is 3.21. The maximum absolute atomic E-state index is 12.7. The van der Waals surface area contributed by atoms with Crippen LogP contribution in [0.4, 0.5) is 5.69 Å². The number of ether oxygens (including phenoxy) is 2. The molecule has 0 aromatic heterocycles. The second kappa shape index (κ2) is 6.95. The van der Waals surface area contributed by atoms with Gasteiger partial charge in [-0.2, -0.15) is 0 Å². The lowest BCUT2D eigenvalue weighted by atomic mass is 10.1. The van der Waals surface area contributed by atoms with Crippen molar-refractivity contribution < 1.29 is 23.9 Å². The van der Waals surface area contributed by atoms with E-state index in [-0.39, 0.29) is 30.4 Å². The van der Waals surface area contributed by atoms with Crippen LogP contribution in [-0.2, 0) is 14.3 Å². The fraction of sp³-hybridized carbons (Fsp3) is 0.500. The first-order chi connectivity index (χ1) is 12.6. The zero-order chi connectivity index (χ0) is 18.1. The van der Waals surface area contributed by atoms with E-state index in [1.807, 2.05) is 0 Å². The van der Waals surface area contributed by atoms with Crippen LogP contribution in [0.1, 0.15) is 23.2 Å². The molecule has 8 nitrogen and oxygen atoms in total. The second-order valence-corrected chi connectivity index (χ2v) is 6.67. The number of carbonyl (C=O) groups is 3. The van der Waals surface area contributed by atoms with Gasteiger partial charge in [0.2, 0.25) is 0 Å². The number of anilines is 1. The van der Waals surface area contributed by atoms with E-state index in [4.69, 9.17) is 9.47 Å². The number of benzene rings is 1. The van der Waals surface area contributed by atoms with Crippen LogP contribution in [0.2, 0.25) is 0 Å². The molecule has 0 bridgehead atoms. The van der Waals surface area contributed by atoms with Crippen molar-refractivity contribution in [3.63, 3.8) is 0 Å². The molecular formula is C18H21N3O5. The van der Waals surface area contributed by atoms with Crippen molar-refractivity contribution in [1.82, 2.24) is 9.80 Å². The van der Waals surface area contributed by atoms with Gasteiger partial charge in [-0.05, 0) is 31.0 Å². The van der Waals surface area contributed by atoms with Crippen LogP contribution < -0.4 is 10.1 Å². The van der Waals surface area contributed by atoms with E-state index in [0.717, 1.165) is 12.8 Å². The number of rotatable bonds is 2. The third-order valence-corrected chi connectivity index (χ3v) is 4.94. The van der Waals surface area contributed by atoms with E-state index in [1.165, 1.54) is 0 Å². The lowest BCUT2D eigenvalue weighted by Gasteiger charge is -2.35. The molecule has 0 radical (unpaired) electrons. The molecule has 8 heteroatoms. The first-order valence-electron chi connectivity index (χ1n) is 8.88. The Bertz CT molecular complexity index is 736. The molecule has 1 N–H and O–H groups in total. The Morgan fingerprint density at radius 3 is 2.62 bits per heavy atom. The molecule has 1 aromatic rings. The molecule has 1 atom stereocenters. The molecule has 3 aliphatic heterocycles. The fourth-order valence-electron chi connectivity index (χ4n) is 3.50. The number of piperazine rings is 1. The highest BCUT2D eigenvalue weighted by Crippen LogP contribution is 2.29. The van der Waals surface area contributed by atoms with Gasteiger partial charge in [0.1, 0.15) is 11.9 Å². The molecule has 1 aromatic carbocycles. The normalized spacial score (nSPS) is 22.5. The van der Waals surface area contributed by atoms with Gasteiger partial charge in [-0.3, -0.25) is 14.4 Å². The quantitative estimate of drug-likeness (QED) is 0.830. The van der Waals surface area contributed by atoms with Crippen LogP contribution in [0.25, 0.3) is 0 Å². The predicted molar refractivity (Wildman–Crippen MR) is 92.0 cm³/mol. The van der Waals surface area contributed by atoms with Gasteiger partial charge >= 0.3 is 0 Å². The molecule has 0 aliphatic carbocycles. The number of fused-ring (bicyclic) bond motifs is 1. The van der Waals surface area contributed by atoms with Crippen molar-refractivity contribution in [3.8, 4) is 5.75 Å². The Hall–Kier alpha value is -2.61. The summed E-state index contributed by atoms with van der Waals surface area (Å²) < 4.78 is 10.8. The molecule has 0 spiro atoms. The highest BCUT2D eigenvalue weighted by Gasteiger charge is 2.31. The van der Waals surface area contributed by atoms with Gasteiger partial charge in [0.15, 0.2) is 6.61 Å². The summed E-state index contributed by atoms with van der Waals surface area (Å²) in [6.07, 6.45) is 1.38. The summed E-state index contributed by atoms with van der Waals surface area (Å²) in [5.74, 6) is 0.247. The number of amides is 3. The maximum Gasteiger partial charge on any atom is 0.262 e. The first-order valence-corrected chi connectivity index (χ1v) is 8.88. The van der Waals surface area contributed by atoms with Crippen LogP contribution in [-0.4, -0.2) is 73.0 Å². The molecule has 3 heterocycles. The van der Waals surface area contributed by atoms with E-state index in [0.29, 0.717) is 49.8 Å². The molecule has 3 aliphatic rings. The van der Waals surface area contributed by atoms with Crippen LogP contribution in [0.5, 0.6) is 5.75 Å². The minimum absolute atomic E-state index is 0.0129. The van der Waals surface area contributed by atoms with E-state index in [9.17, 15) is 14.4 Å². The van der Waals surface area contributed by atoms with Gasteiger partial charge in [0.25, 0.3) is 17.7 Å². The van der Waals surface area contributed by atoms with Crippen molar-refractivity contribution in [1.29, 1.82) is 0 Å². The number of nitrogens with zero attached hydrogens (tertiary/aromatic N) is 2. The number of carbonyl (C=O) groups excluding carboxylic acids is 3. The molecular weight excluding hydrogens is 338 g/mol. The Kier molecular flexibility index (Phi) is 4.50. The van der Waals surface area contributed by atoms with Gasteiger partial charge in [-0.15, -0.1) is 0 Å². The number of hydrogen-bond acceptors (Lipinski definition) is 5. The third kappa shape index (κ3) is 3.24. The summed E-state index contributed by atoms with van der Waals surface area (Å²) in [6.45, 7) is 2.62. The van der Waals surface area contributed by atoms with Gasteiger partial charge < -0.3 is 24.6 Å². The van der Waals surface area contributed by atoms with Crippen molar-refractivity contribution in [3.05, 3.63) is 23.8 Å². The Morgan fingerprint density at radius 1 is 1.12 bits per heavy atom. The molecule has 1 unspecified atom stereocenters. The molecule has 2 saturated heterocycles. The summed E-state index contributed by atoms with van der Waals surface area (Å²) in [7, 11) is 0. The largest absolute Gasteiger partial charge is 0.482 e. The lowest BCUT2D eigenvalue weighted by molar-refractivity contribution is -0.142. The SMILES string of the molecule is O=C1COc2ccc(C(=O)N3CCN(C(=O)C4CCCO4)CC3)cc2N1. The number of nitrogens with one attached hydrogen (secondary N) is 1. The molecule has 4 rings (SSSR count). The minimum atomic E-state index is -0.318. The monoisotopic (exact) mass is 359 g/mol. The van der Waals surface area contributed by atoms with Gasteiger partial charge in [0.05, 0.1) is 5.69 Å². The molecule has 138 valence electrons. The van der Waals surface area contributed by atoms with Crippen molar-refractivity contribution in [2.75, 3.05) is 44.7 Å². The Balaban J connectivity index is 1.38. The zero-order valence-corrected chi connectivity index (χ0v) is 14.4. The van der Waals surface area contributed by atoms with Gasteiger partial charge in [0, 0.05) is 38.3 Å². The summed E-state index contributed by atoms with van der Waals surface area (Å²) in [5, 5.41) is 2.71. The van der Waals surface area contributed by atoms with Crippen molar-refractivity contribution in [2.45, 2.75) is 18.9 Å². The summed E-state index contributed by atoms with van der Waals surface area (Å²) in [5.41, 5.74) is 1.01. The van der Waals surface area contributed by atoms with Crippen LogP contribution in [0.15, 0.2) is 18.2 Å². The summed E-state index contributed by atoms with van der Waals surface area (Å²) in [4.78, 5) is 40.1. The molecule has 2 fully saturated rings. The van der Waals surface area contributed by atoms with E-state index < -0.39 is 0 Å². The van der Waals surface area contributed by atoms with Crippen LogP contribution in [0.3, 0.4) is 0 Å². The average molecular weight is 359 g/mol.